The SMILES string of the molecule is CC(C)(C)C1CCC2(CC1)NC(=O)N(CC(=O)Nc1ccc(Cl)c(Cl)c1)C2=O. The number of urea groups is 1. The molecule has 0 atom stereocenters. The highest BCUT2D eigenvalue weighted by Crippen LogP contribution is 2.43. The Balaban J connectivity index is 1.64. The molecule has 1 saturated heterocycles. The van der Waals surface area contributed by atoms with Crippen molar-refractivity contribution in [3.63, 3.8) is 0 Å². The monoisotopic (exact) mass is 425 g/mol. The van der Waals surface area contributed by atoms with E-state index in [2.05, 4.69) is 31.4 Å². The Morgan fingerprint density at radius 1 is 1.21 bits per heavy atom. The molecule has 4 amide bonds. The standard InChI is InChI=1S/C20H25Cl2N3O3/c1-19(2,3)12-6-8-20(9-7-12)17(27)25(18(28)24-20)11-16(26)23-13-4-5-14(21)15(22)10-13/h4-5,10,12H,6-9,11H2,1-3H3,(H,23,26)(H,24,28). The highest BCUT2D eigenvalue weighted by atomic mass is 35.5. The molecule has 1 aliphatic carbocycles. The molecule has 0 aromatic heterocycles. The molecule has 1 aliphatic heterocycles. The van der Waals surface area contributed by atoms with Gasteiger partial charge in [0, 0.05) is 5.69 Å². The van der Waals surface area contributed by atoms with Gasteiger partial charge in [0.05, 0.1) is 10.0 Å². The van der Waals surface area contributed by atoms with Gasteiger partial charge in [-0.15, -0.1) is 0 Å². The smallest absolute Gasteiger partial charge is 0.324 e. The summed E-state index contributed by atoms with van der Waals surface area (Å²) in [5.41, 5.74) is -0.248. The van der Waals surface area contributed by atoms with Crippen LogP contribution in [0.4, 0.5) is 10.5 Å². The Labute approximate surface area is 174 Å². The van der Waals surface area contributed by atoms with Crippen LogP contribution in [0, 0.1) is 11.3 Å². The Morgan fingerprint density at radius 3 is 2.43 bits per heavy atom. The van der Waals surface area contributed by atoms with Gasteiger partial charge in [0.15, 0.2) is 0 Å². The summed E-state index contributed by atoms with van der Waals surface area (Å²) in [4.78, 5) is 38.7. The largest absolute Gasteiger partial charge is 0.325 e. The summed E-state index contributed by atoms with van der Waals surface area (Å²) in [5.74, 6) is -0.272. The average molecular weight is 426 g/mol. The Hall–Kier alpha value is -1.79. The van der Waals surface area contributed by atoms with Crippen LogP contribution in [0.5, 0.6) is 0 Å². The van der Waals surface area contributed by atoms with Crippen LogP contribution >= 0.6 is 23.2 Å². The summed E-state index contributed by atoms with van der Waals surface area (Å²) in [5, 5.41) is 6.17. The van der Waals surface area contributed by atoms with Gasteiger partial charge < -0.3 is 10.6 Å². The minimum Gasteiger partial charge on any atom is -0.324 e. The maximum absolute atomic E-state index is 13.0. The van der Waals surface area contributed by atoms with Crippen molar-refractivity contribution in [2.24, 2.45) is 11.3 Å². The van der Waals surface area contributed by atoms with Gasteiger partial charge in [-0.25, -0.2) is 4.79 Å². The van der Waals surface area contributed by atoms with Gasteiger partial charge in [-0.1, -0.05) is 44.0 Å². The number of rotatable bonds is 3. The molecule has 2 N–H and O–H groups in total. The first-order valence-corrected chi connectivity index (χ1v) is 10.2. The maximum atomic E-state index is 13.0. The highest BCUT2D eigenvalue weighted by molar-refractivity contribution is 6.42. The number of hydrogen-bond donors (Lipinski definition) is 2. The zero-order valence-corrected chi connectivity index (χ0v) is 17.8. The second-order valence-corrected chi connectivity index (χ2v) is 9.54. The van der Waals surface area contributed by atoms with Gasteiger partial charge >= 0.3 is 6.03 Å². The summed E-state index contributed by atoms with van der Waals surface area (Å²) in [6, 6.07) is 4.18. The van der Waals surface area contributed by atoms with Crippen molar-refractivity contribution in [1.29, 1.82) is 0 Å². The minimum atomic E-state index is -0.872. The van der Waals surface area contributed by atoms with Crippen LogP contribution < -0.4 is 10.6 Å². The quantitative estimate of drug-likeness (QED) is 0.701. The first-order valence-electron chi connectivity index (χ1n) is 9.41. The predicted octanol–water partition coefficient (Wildman–Crippen LogP) is 4.46. The van der Waals surface area contributed by atoms with Gasteiger partial charge in [-0.05, 0) is 55.2 Å². The third kappa shape index (κ3) is 4.13. The van der Waals surface area contributed by atoms with E-state index < -0.39 is 17.5 Å². The van der Waals surface area contributed by atoms with E-state index in [0.717, 1.165) is 17.7 Å². The Kier molecular flexibility index (Phi) is 5.65. The van der Waals surface area contributed by atoms with Gasteiger partial charge in [0.25, 0.3) is 5.91 Å². The molecule has 0 bridgehead atoms. The molecule has 28 heavy (non-hydrogen) atoms. The lowest BCUT2D eigenvalue weighted by atomic mass is 9.67. The fraction of sp³-hybridized carbons (Fsp3) is 0.550. The number of nitrogens with one attached hydrogen (secondary N) is 2. The van der Waals surface area contributed by atoms with Crippen LogP contribution in [0.2, 0.25) is 10.0 Å². The summed E-state index contributed by atoms with van der Waals surface area (Å²) in [6.45, 7) is 6.26. The summed E-state index contributed by atoms with van der Waals surface area (Å²) in [7, 11) is 0. The summed E-state index contributed by atoms with van der Waals surface area (Å²) < 4.78 is 0. The molecule has 0 radical (unpaired) electrons. The van der Waals surface area contributed by atoms with E-state index >= 15 is 0 Å². The molecule has 1 spiro atoms. The third-order valence-electron chi connectivity index (χ3n) is 5.81. The van der Waals surface area contributed by atoms with Crippen LogP contribution in [0.1, 0.15) is 46.5 Å². The molecule has 1 aromatic carbocycles. The third-order valence-corrected chi connectivity index (χ3v) is 6.55. The minimum absolute atomic E-state index is 0.173. The molecular formula is C20H25Cl2N3O3. The molecule has 1 heterocycles. The fourth-order valence-corrected chi connectivity index (χ4v) is 4.35. The Bertz CT molecular complexity index is 811. The molecular weight excluding hydrogens is 401 g/mol. The van der Waals surface area contributed by atoms with E-state index in [1.54, 1.807) is 12.1 Å². The first kappa shape index (κ1) is 20.9. The van der Waals surface area contributed by atoms with Crippen LogP contribution in [0.3, 0.4) is 0 Å². The number of imide groups is 1. The van der Waals surface area contributed by atoms with Crippen molar-refractivity contribution >= 4 is 46.7 Å². The second kappa shape index (κ2) is 7.56. The zero-order valence-electron chi connectivity index (χ0n) is 16.3. The van der Waals surface area contributed by atoms with Crippen LogP contribution in [0.25, 0.3) is 0 Å². The van der Waals surface area contributed by atoms with Crippen LogP contribution in [0.15, 0.2) is 18.2 Å². The highest BCUT2D eigenvalue weighted by Gasteiger charge is 2.53. The van der Waals surface area contributed by atoms with Crippen molar-refractivity contribution in [2.75, 3.05) is 11.9 Å². The number of carbonyl (C=O) groups excluding carboxylic acids is 3. The van der Waals surface area contributed by atoms with Crippen molar-refractivity contribution in [2.45, 2.75) is 52.0 Å². The number of anilines is 1. The van der Waals surface area contributed by atoms with Gasteiger partial charge in [0.1, 0.15) is 12.1 Å². The number of halogens is 2. The number of amides is 4. The average Bonchev–Trinajstić information content (AvgIpc) is 2.82. The first-order chi connectivity index (χ1) is 13.0. The molecule has 1 saturated carbocycles. The molecule has 152 valence electrons. The lowest BCUT2D eigenvalue weighted by molar-refractivity contribution is -0.135. The lowest BCUT2D eigenvalue weighted by Crippen LogP contribution is -2.50. The van der Waals surface area contributed by atoms with E-state index in [4.69, 9.17) is 23.2 Å². The van der Waals surface area contributed by atoms with Crippen molar-refractivity contribution < 1.29 is 14.4 Å². The molecule has 2 aliphatic rings. The van der Waals surface area contributed by atoms with Gasteiger partial charge in [-0.3, -0.25) is 14.5 Å². The summed E-state index contributed by atoms with van der Waals surface area (Å²) >= 11 is 11.8. The topological polar surface area (TPSA) is 78.5 Å². The van der Waals surface area contributed by atoms with Crippen molar-refractivity contribution in [3.05, 3.63) is 28.2 Å². The number of benzene rings is 1. The second-order valence-electron chi connectivity index (χ2n) is 8.72. The molecule has 0 unspecified atom stereocenters. The van der Waals surface area contributed by atoms with E-state index in [-0.39, 0.29) is 17.9 Å². The molecule has 2 fully saturated rings. The number of carbonyl (C=O) groups is 3. The maximum Gasteiger partial charge on any atom is 0.325 e. The van der Waals surface area contributed by atoms with E-state index in [0.29, 0.717) is 34.5 Å². The van der Waals surface area contributed by atoms with Crippen LogP contribution in [-0.2, 0) is 9.59 Å². The predicted molar refractivity (Wildman–Crippen MR) is 109 cm³/mol. The normalized spacial score (nSPS) is 25.2. The molecule has 8 heteroatoms. The molecule has 6 nitrogen and oxygen atoms in total. The van der Waals surface area contributed by atoms with E-state index in [9.17, 15) is 14.4 Å². The summed E-state index contributed by atoms with van der Waals surface area (Å²) in [6.07, 6.45) is 2.95. The van der Waals surface area contributed by atoms with Crippen molar-refractivity contribution in [1.82, 2.24) is 10.2 Å². The lowest BCUT2D eigenvalue weighted by Gasteiger charge is -2.40. The molecule has 1 aromatic rings. The zero-order chi connectivity index (χ0) is 20.7. The van der Waals surface area contributed by atoms with Gasteiger partial charge in [-0.2, -0.15) is 0 Å². The van der Waals surface area contributed by atoms with E-state index in [1.165, 1.54) is 6.07 Å². The number of hydrogen-bond acceptors (Lipinski definition) is 3. The Morgan fingerprint density at radius 2 is 1.86 bits per heavy atom. The van der Waals surface area contributed by atoms with Crippen molar-refractivity contribution in [3.8, 4) is 0 Å². The number of nitrogens with zero attached hydrogens (tertiary/aromatic N) is 1. The fourth-order valence-electron chi connectivity index (χ4n) is 4.05. The van der Waals surface area contributed by atoms with E-state index in [1.807, 2.05) is 0 Å². The van der Waals surface area contributed by atoms with Gasteiger partial charge in [0.2, 0.25) is 5.91 Å². The van der Waals surface area contributed by atoms with Crippen LogP contribution in [-0.4, -0.2) is 34.8 Å². The molecule has 3 rings (SSSR count).